The standard InChI is InChI=1S/C26H27ClFN3O3/c1-2-29-8-10-30(11-9-29)24-14-23-20(13-22(24)28)25(32)21(15-31(23)19-6-7-19)26(33)34-16-17-4-3-5-18(27)12-17/h3-5,12-15,19H,2,6-11,16H2,1H3. The molecule has 0 spiro atoms. The summed E-state index contributed by atoms with van der Waals surface area (Å²) < 4.78 is 22.6. The number of carbonyl (C=O) groups excluding carboxylic acids is 1. The van der Waals surface area contributed by atoms with E-state index in [1.165, 1.54) is 6.07 Å². The Bertz CT molecular complexity index is 1300. The number of esters is 1. The average molecular weight is 484 g/mol. The van der Waals surface area contributed by atoms with E-state index in [4.69, 9.17) is 16.3 Å². The van der Waals surface area contributed by atoms with E-state index >= 15 is 4.39 Å². The van der Waals surface area contributed by atoms with E-state index in [-0.39, 0.29) is 23.6 Å². The Morgan fingerprint density at radius 2 is 1.91 bits per heavy atom. The van der Waals surface area contributed by atoms with E-state index < -0.39 is 17.2 Å². The van der Waals surface area contributed by atoms with Gasteiger partial charge in [0.1, 0.15) is 18.0 Å². The second-order valence-corrected chi connectivity index (χ2v) is 9.39. The number of fused-ring (bicyclic) bond motifs is 1. The van der Waals surface area contributed by atoms with Gasteiger partial charge in [0.05, 0.1) is 11.2 Å². The third-order valence-corrected chi connectivity index (χ3v) is 6.92. The van der Waals surface area contributed by atoms with Crippen molar-refractivity contribution in [2.24, 2.45) is 0 Å². The van der Waals surface area contributed by atoms with Crippen LogP contribution in [0.15, 0.2) is 47.4 Å². The first-order valence-electron chi connectivity index (χ1n) is 11.7. The smallest absolute Gasteiger partial charge is 0.343 e. The average Bonchev–Trinajstić information content (AvgIpc) is 3.68. The highest BCUT2D eigenvalue weighted by molar-refractivity contribution is 6.30. The molecule has 8 heteroatoms. The Morgan fingerprint density at radius 3 is 2.59 bits per heavy atom. The summed E-state index contributed by atoms with van der Waals surface area (Å²) in [4.78, 5) is 30.4. The molecule has 1 aromatic heterocycles. The van der Waals surface area contributed by atoms with Crippen LogP contribution in [0.1, 0.15) is 41.7 Å². The lowest BCUT2D eigenvalue weighted by Crippen LogP contribution is -2.46. The van der Waals surface area contributed by atoms with Gasteiger partial charge in [-0.15, -0.1) is 0 Å². The van der Waals surface area contributed by atoms with Crippen molar-refractivity contribution in [1.29, 1.82) is 0 Å². The quantitative estimate of drug-likeness (QED) is 0.478. The fourth-order valence-electron chi connectivity index (χ4n) is 4.56. The van der Waals surface area contributed by atoms with Gasteiger partial charge in [0.2, 0.25) is 5.43 Å². The number of ether oxygens (including phenoxy) is 1. The van der Waals surface area contributed by atoms with Gasteiger partial charge in [-0.1, -0.05) is 30.7 Å². The van der Waals surface area contributed by atoms with Crippen LogP contribution in [-0.4, -0.2) is 48.2 Å². The van der Waals surface area contributed by atoms with Crippen molar-refractivity contribution in [3.8, 4) is 0 Å². The van der Waals surface area contributed by atoms with Crippen LogP contribution in [0.2, 0.25) is 5.02 Å². The van der Waals surface area contributed by atoms with Crippen LogP contribution in [0.3, 0.4) is 0 Å². The lowest BCUT2D eigenvalue weighted by molar-refractivity contribution is 0.0470. The first-order valence-corrected chi connectivity index (χ1v) is 12.1. The van der Waals surface area contributed by atoms with Crippen LogP contribution in [0.25, 0.3) is 10.9 Å². The number of likely N-dealkylation sites (N-methyl/N-ethyl adjacent to an activating group) is 1. The number of carbonyl (C=O) groups is 1. The molecule has 178 valence electrons. The molecule has 2 fully saturated rings. The molecule has 5 rings (SSSR count). The first kappa shape index (κ1) is 22.9. The van der Waals surface area contributed by atoms with Gasteiger partial charge in [0.25, 0.3) is 0 Å². The zero-order valence-corrected chi connectivity index (χ0v) is 19.9. The van der Waals surface area contributed by atoms with Crippen LogP contribution < -0.4 is 10.3 Å². The van der Waals surface area contributed by atoms with Crippen LogP contribution in [-0.2, 0) is 11.3 Å². The number of benzene rings is 2. The summed E-state index contributed by atoms with van der Waals surface area (Å²) in [5.74, 6) is -1.16. The molecular formula is C26H27ClFN3O3. The Labute approximate surface area is 202 Å². The zero-order valence-electron chi connectivity index (χ0n) is 19.1. The van der Waals surface area contributed by atoms with Crippen molar-refractivity contribution in [2.45, 2.75) is 32.4 Å². The fraction of sp³-hybridized carbons (Fsp3) is 0.385. The van der Waals surface area contributed by atoms with E-state index in [1.54, 1.807) is 36.5 Å². The summed E-state index contributed by atoms with van der Waals surface area (Å²) in [5.41, 5.74) is 1.30. The predicted molar refractivity (Wildman–Crippen MR) is 131 cm³/mol. The molecule has 1 aliphatic carbocycles. The maximum absolute atomic E-state index is 15.2. The normalized spacial score (nSPS) is 16.7. The molecule has 0 unspecified atom stereocenters. The molecule has 0 radical (unpaired) electrons. The van der Waals surface area contributed by atoms with Crippen LogP contribution in [0.5, 0.6) is 0 Å². The lowest BCUT2D eigenvalue weighted by Gasteiger charge is -2.35. The number of anilines is 1. The van der Waals surface area contributed by atoms with Crippen molar-refractivity contribution >= 4 is 34.2 Å². The maximum Gasteiger partial charge on any atom is 0.343 e. The lowest BCUT2D eigenvalue weighted by atomic mass is 10.1. The van der Waals surface area contributed by atoms with Crippen molar-refractivity contribution in [1.82, 2.24) is 9.47 Å². The molecule has 6 nitrogen and oxygen atoms in total. The van der Waals surface area contributed by atoms with Crippen molar-refractivity contribution in [2.75, 3.05) is 37.6 Å². The monoisotopic (exact) mass is 483 g/mol. The van der Waals surface area contributed by atoms with E-state index in [2.05, 4.69) is 11.8 Å². The molecule has 3 aromatic rings. The Kier molecular flexibility index (Phi) is 6.32. The first-order chi connectivity index (χ1) is 16.4. The third-order valence-electron chi connectivity index (χ3n) is 6.68. The molecule has 2 aliphatic rings. The number of pyridine rings is 1. The van der Waals surface area contributed by atoms with Crippen molar-refractivity contribution < 1.29 is 13.9 Å². The molecule has 0 atom stereocenters. The Balaban J connectivity index is 1.48. The van der Waals surface area contributed by atoms with Gasteiger partial charge in [-0.3, -0.25) is 4.79 Å². The number of aromatic nitrogens is 1. The third kappa shape index (κ3) is 4.55. The van der Waals surface area contributed by atoms with E-state index in [0.717, 1.165) is 51.1 Å². The van der Waals surface area contributed by atoms with Crippen LogP contribution in [0.4, 0.5) is 10.1 Å². The van der Waals surface area contributed by atoms with Crippen LogP contribution in [0, 0.1) is 5.82 Å². The highest BCUT2D eigenvalue weighted by atomic mass is 35.5. The zero-order chi connectivity index (χ0) is 23.8. The van der Waals surface area contributed by atoms with Crippen molar-refractivity contribution in [3.63, 3.8) is 0 Å². The largest absolute Gasteiger partial charge is 0.457 e. The topological polar surface area (TPSA) is 54.8 Å². The molecule has 2 heterocycles. The highest BCUT2D eigenvalue weighted by Gasteiger charge is 2.29. The number of nitrogens with zero attached hydrogens (tertiary/aromatic N) is 3. The van der Waals surface area contributed by atoms with Gasteiger partial charge in [-0.05, 0) is 49.2 Å². The van der Waals surface area contributed by atoms with Crippen molar-refractivity contribution in [3.05, 3.63) is 74.8 Å². The Hall–Kier alpha value is -2.90. The number of rotatable bonds is 6. The molecule has 0 bridgehead atoms. The molecule has 34 heavy (non-hydrogen) atoms. The van der Waals surface area contributed by atoms with Gasteiger partial charge >= 0.3 is 5.97 Å². The fourth-order valence-corrected chi connectivity index (χ4v) is 4.77. The molecule has 1 saturated carbocycles. The summed E-state index contributed by atoms with van der Waals surface area (Å²) in [6, 6.07) is 10.2. The second-order valence-electron chi connectivity index (χ2n) is 8.96. The molecule has 1 aliphatic heterocycles. The summed E-state index contributed by atoms with van der Waals surface area (Å²) in [6.45, 7) is 6.32. The van der Waals surface area contributed by atoms with Gasteiger partial charge in [-0.2, -0.15) is 0 Å². The Morgan fingerprint density at radius 1 is 1.15 bits per heavy atom. The molecular weight excluding hydrogens is 457 g/mol. The SMILES string of the molecule is CCN1CCN(c2cc3c(cc2F)c(=O)c(C(=O)OCc2cccc(Cl)c2)cn3C2CC2)CC1. The van der Waals surface area contributed by atoms with E-state index in [0.29, 0.717) is 16.2 Å². The number of hydrogen-bond acceptors (Lipinski definition) is 5. The number of hydrogen-bond donors (Lipinski definition) is 0. The summed E-state index contributed by atoms with van der Waals surface area (Å²) in [6.07, 6.45) is 3.49. The number of piperazine rings is 1. The molecule has 2 aromatic carbocycles. The van der Waals surface area contributed by atoms with E-state index in [1.807, 2.05) is 9.47 Å². The predicted octanol–water partition coefficient (Wildman–Crippen LogP) is 4.63. The minimum Gasteiger partial charge on any atom is -0.457 e. The number of halogens is 2. The van der Waals surface area contributed by atoms with Gasteiger partial charge in [0.15, 0.2) is 0 Å². The summed E-state index contributed by atoms with van der Waals surface area (Å²) in [7, 11) is 0. The molecule has 0 amide bonds. The van der Waals surface area contributed by atoms with Gasteiger partial charge in [0, 0.05) is 48.8 Å². The highest BCUT2D eigenvalue weighted by Crippen LogP contribution is 2.38. The molecule has 1 saturated heterocycles. The summed E-state index contributed by atoms with van der Waals surface area (Å²) in [5, 5.41) is 0.746. The maximum atomic E-state index is 15.2. The van der Waals surface area contributed by atoms with E-state index in [9.17, 15) is 9.59 Å². The van der Waals surface area contributed by atoms with Gasteiger partial charge < -0.3 is 19.1 Å². The molecule has 0 N–H and O–H groups in total. The second kappa shape index (κ2) is 9.39. The van der Waals surface area contributed by atoms with Gasteiger partial charge in [-0.25, -0.2) is 9.18 Å². The minimum atomic E-state index is -0.721. The minimum absolute atomic E-state index is 0.00264. The summed E-state index contributed by atoms with van der Waals surface area (Å²) >= 11 is 5.99. The van der Waals surface area contributed by atoms with Crippen LogP contribution >= 0.6 is 11.6 Å².